The van der Waals surface area contributed by atoms with Crippen molar-refractivity contribution in [2.75, 3.05) is 13.1 Å². The van der Waals surface area contributed by atoms with Crippen molar-refractivity contribution in [3.63, 3.8) is 0 Å². The molecule has 8 rings (SSSR count). The van der Waals surface area contributed by atoms with E-state index in [-0.39, 0.29) is 6.04 Å². The highest BCUT2D eigenvalue weighted by Gasteiger charge is 2.54. The van der Waals surface area contributed by atoms with Crippen LogP contribution in [0.5, 0.6) is 0 Å². The average Bonchev–Trinajstić information content (AvgIpc) is 2.96. The maximum absolute atomic E-state index is 12.1. The lowest BCUT2D eigenvalue weighted by Crippen LogP contribution is -2.67. The molecule has 184 valence electrons. The molecule has 0 spiro atoms. The standard InChI is InChI=1S/C34H33N2O/c1-2-23-21-36(22-31-27-11-5-3-9-25(27)19-26-10-4-6-12-28(26)31)18-16-24(23)20-33(36)34(37)30-15-17-35-32-14-8-7-13-29(30)32/h2-15,17,19,23-24,33-34,37H,1,16,18,20-22H2/q+1/t23-,24?,33?,34+,36+/m0/s1. The van der Waals surface area contributed by atoms with Crippen molar-refractivity contribution in [2.24, 2.45) is 11.8 Å². The van der Waals surface area contributed by atoms with E-state index < -0.39 is 6.10 Å². The summed E-state index contributed by atoms with van der Waals surface area (Å²) < 4.78 is 0.906. The summed E-state index contributed by atoms with van der Waals surface area (Å²) in [6.45, 7) is 7.28. The number of benzene rings is 4. The van der Waals surface area contributed by atoms with E-state index in [4.69, 9.17) is 0 Å². The Morgan fingerprint density at radius 1 is 0.919 bits per heavy atom. The van der Waals surface area contributed by atoms with E-state index in [0.29, 0.717) is 11.8 Å². The van der Waals surface area contributed by atoms with Crippen LogP contribution in [0.15, 0.2) is 104 Å². The topological polar surface area (TPSA) is 33.1 Å². The smallest absolute Gasteiger partial charge is 0.131 e. The first kappa shape index (κ1) is 22.7. The maximum Gasteiger partial charge on any atom is 0.131 e. The fourth-order valence-electron chi connectivity index (χ4n) is 7.56. The van der Waals surface area contributed by atoms with Gasteiger partial charge in [0.2, 0.25) is 0 Å². The zero-order valence-corrected chi connectivity index (χ0v) is 21.1. The summed E-state index contributed by atoms with van der Waals surface area (Å²) in [5.74, 6) is 1.09. The van der Waals surface area contributed by atoms with Crippen LogP contribution in [0.3, 0.4) is 0 Å². The van der Waals surface area contributed by atoms with E-state index in [1.165, 1.54) is 33.5 Å². The molecule has 0 aliphatic carbocycles. The lowest BCUT2D eigenvalue weighted by atomic mass is 9.71. The van der Waals surface area contributed by atoms with Crippen LogP contribution < -0.4 is 0 Å². The molecule has 2 bridgehead atoms. The highest BCUT2D eigenvalue weighted by Crippen LogP contribution is 2.49. The SMILES string of the molecule is C=C[C@H]1C[N@@+]2(Cc3c4ccccc4cc4ccccc34)CCC1CC2[C@H](O)c1ccnc2ccccc12. The molecule has 3 fully saturated rings. The van der Waals surface area contributed by atoms with E-state index in [1.807, 2.05) is 30.5 Å². The second-order valence-corrected chi connectivity index (χ2v) is 11.2. The molecule has 1 aromatic heterocycles. The van der Waals surface area contributed by atoms with Gasteiger partial charge in [0.15, 0.2) is 0 Å². The van der Waals surface area contributed by atoms with Crippen molar-refractivity contribution in [1.29, 1.82) is 0 Å². The first-order valence-corrected chi connectivity index (χ1v) is 13.6. The van der Waals surface area contributed by atoms with E-state index in [0.717, 1.165) is 47.0 Å². The minimum Gasteiger partial charge on any atom is -0.382 e. The van der Waals surface area contributed by atoms with E-state index in [9.17, 15) is 5.11 Å². The number of aromatic nitrogens is 1. The number of para-hydroxylation sites is 1. The fourth-order valence-corrected chi connectivity index (χ4v) is 7.56. The van der Waals surface area contributed by atoms with Gasteiger partial charge in [0.25, 0.3) is 0 Å². The number of aliphatic hydroxyl groups is 1. The van der Waals surface area contributed by atoms with Gasteiger partial charge < -0.3 is 9.59 Å². The van der Waals surface area contributed by atoms with Crippen LogP contribution in [0, 0.1) is 11.8 Å². The number of nitrogens with zero attached hydrogens (tertiary/aromatic N) is 2. The van der Waals surface area contributed by atoms with Crippen LogP contribution in [-0.4, -0.2) is 33.7 Å². The lowest BCUT2D eigenvalue weighted by Gasteiger charge is -2.58. The van der Waals surface area contributed by atoms with Gasteiger partial charge in [0.05, 0.1) is 18.6 Å². The lowest BCUT2D eigenvalue weighted by molar-refractivity contribution is -0.984. The summed E-state index contributed by atoms with van der Waals surface area (Å²) in [6, 6.07) is 30.3. The largest absolute Gasteiger partial charge is 0.382 e. The Hall–Kier alpha value is -3.53. The van der Waals surface area contributed by atoms with E-state index >= 15 is 0 Å². The van der Waals surface area contributed by atoms with Crippen molar-refractivity contribution in [3.8, 4) is 0 Å². The Balaban J connectivity index is 1.39. The van der Waals surface area contributed by atoms with Crippen molar-refractivity contribution < 1.29 is 9.59 Å². The molecule has 4 aromatic carbocycles. The van der Waals surface area contributed by atoms with Gasteiger partial charge in [-0.25, -0.2) is 0 Å². The fraction of sp³-hybridized carbons (Fsp3) is 0.265. The Morgan fingerprint density at radius 2 is 1.59 bits per heavy atom. The van der Waals surface area contributed by atoms with Crippen molar-refractivity contribution >= 4 is 32.4 Å². The minimum atomic E-state index is -0.539. The number of fused-ring (bicyclic) bond motifs is 6. The molecule has 37 heavy (non-hydrogen) atoms. The number of quaternary nitrogens is 1. The summed E-state index contributed by atoms with van der Waals surface area (Å²) in [7, 11) is 0. The zero-order chi connectivity index (χ0) is 25.0. The van der Waals surface area contributed by atoms with Crippen LogP contribution >= 0.6 is 0 Å². The zero-order valence-electron chi connectivity index (χ0n) is 21.1. The number of rotatable bonds is 5. The average molecular weight is 486 g/mol. The minimum absolute atomic E-state index is 0.137. The van der Waals surface area contributed by atoms with Crippen molar-refractivity contribution in [1.82, 2.24) is 4.98 Å². The third-order valence-corrected chi connectivity index (χ3v) is 9.40. The molecule has 4 heterocycles. The summed E-state index contributed by atoms with van der Waals surface area (Å²) >= 11 is 0. The predicted molar refractivity (Wildman–Crippen MR) is 152 cm³/mol. The van der Waals surface area contributed by atoms with Gasteiger partial charge in [0.1, 0.15) is 18.7 Å². The molecule has 3 aliphatic heterocycles. The molecule has 3 nitrogen and oxygen atoms in total. The second-order valence-electron chi connectivity index (χ2n) is 11.2. The molecule has 0 amide bonds. The van der Waals surface area contributed by atoms with Crippen LogP contribution in [-0.2, 0) is 6.54 Å². The Kier molecular flexibility index (Phi) is 5.38. The van der Waals surface area contributed by atoms with Crippen molar-refractivity contribution in [2.45, 2.75) is 31.5 Å². The Labute approximate surface area is 218 Å². The first-order chi connectivity index (χ1) is 18.2. The number of hydrogen-bond donors (Lipinski definition) is 1. The number of pyridine rings is 1. The van der Waals surface area contributed by atoms with E-state index in [2.05, 4.69) is 78.3 Å². The highest BCUT2D eigenvalue weighted by molar-refractivity contribution is 6.02. The van der Waals surface area contributed by atoms with Gasteiger partial charge in [-0.3, -0.25) is 4.98 Å². The summed E-state index contributed by atoms with van der Waals surface area (Å²) in [4.78, 5) is 4.57. The molecule has 5 aromatic rings. The number of hydrogen-bond acceptors (Lipinski definition) is 2. The van der Waals surface area contributed by atoms with Gasteiger partial charge in [-0.1, -0.05) is 72.8 Å². The van der Waals surface area contributed by atoms with Crippen LogP contribution in [0.4, 0.5) is 0 Å². The van der Waals surface area contributed by atoms with Gasteiger partial charge >= 0.3 is 0 Å². The molecule has 1 N–H and O–H groups in total. The second kappa shape index (κ2) is 8.79. The van der Waals surface area contributed by atoms with Crippen LogP contribution in [0.2, 0.25) is 0 Å². The van der Waals surface area contributed by atoms with E-state index in [1.54, 1.807) is 0 Å². The predicted octanol–water partition coefficient (Wildman–Crippen LogP) is 7.19. The third-order valence-electron chi connectivity index (χ3n) is 9.40. The summed E-state index contributed by atoms with van der Waals surface area (Å²) in [5, 5.41) is 18.4. The highest BCUT2D eigenvalue weighted by atomic mass is 16.3. The van der Waals surface area contributed by atoms with Crippen molar-refractivity contribution in [3.05, 3.63) is 115 Å². The molecule has 5 atom stereocenters. The Morgan fingerprint density at radius 3 is 2.32 bits per heavy atom. The summed E-state index contributed by atoms with van der Waals surface area (Å²) in [6.07, 6.45) is 5.72. The molecule has 0 radical (unpaired) electrons. The van der Waals surface area contributed by atoms with Gasteiger partial charge in [-0.05, 0) is 51.2 Å². The molecule has 0 saturated carbocycles. The first-order valence-electron chi connectivity index (χ1n) is 13.6. The van der Waals surface area contributed by atoms with Gasteiger partial charge in [0, 0.05) is 35.9 Å². The third kappa shape index (κ3) is 3.60. The van der Waals surface area contributed by atoms with Crippen LogP contribution in [0.25, 0.3) is 32.4 Å². The Bertz CT molecular complexity index is 1580. The van der Waals surface area contributed by atoms with Gasteiger partial charge in [-0.2, -0.15) is 0 Å². The quantitative estimate of drug-likeness (QED) is 0.162. The number of piperidine rings is 3. The maximum atomic E-state index is 12.1. The molecule has 3 aliphatic rings. The molecule has 2 unspecified atom stereocenters. The number of aliphatic hydroxyl groups excluding tert-OH is 1. The monoisotopic (exact) mass is 485 g/mol. The molecular weight excluding hydrogens is 452 g/mol. The molecule has 3 saturated heterocycles. The van der Waals surface area contributed by atoms with Crippen LogP contribution in [0.1, 0.15) is 30.1 Å². The molecular formula is C34H33N2O+. The van der Waals surface area contributed by atoms with Gasteiger partial charge in [-0.15, -0.1) is 6.58 Å². The summed E-state index contributed by atoms with van der Waals surface area (Å²) in [5.41, 5.74) is 3.37. The molecule has 3 heteroatoms. The normalized spacial score (nSPS) is 26.0.